The van der Waals surface area contributed by atoms with Crippen molar-refractivity contribution in [1.82, 2.24) is 19.0 Å². The summed E-state index contributed by atoms with van der Waals surface area (Å²) in [5.41, 5.74) is 3.25. The van der Waals surface area contributed by atoms with E-state index in [0.29, 0.717) is 23.4 Å². The highest BCUT2D eigenvalue weighted by atomic mass is 32.2. The fourth-order valence-corrected chi connectivity index (χ4v) is 3.88. The molecule has 2 aromatic carbocycles. The minimum atomic E-state index is -3.99. The average Bonchev–Trinajstić information content (AvgIpc) is 3.15. The van der Waals surface area contributed by atoms with Crippen LogP contribution in [0.25, 0.3) is 11.0 Å². The van der Waals surface area contributed by atoms with Gasteiger partial charge in [-0.3, -0.25) is 10.2 Å². The zero-order valence-corrected chi connectivity index (χ0v) is 16.1. The van der Waals surface area contributed by atoms with Crippen molar-refractivity contribution < 1.29 is 17.9 Å². The van der Waals surface area contributed by atoms with E-state index in [-0.39, 0.29) is 10.4 Å². The van der Waals surface area contributed by atoms with Crippen LogP contribution in [0.1, 0.15) is 30.1 Å². The zero-order valence-electron chi connectivity index (χ0n) is 14.5. The third kappa shape index (κ3) is 4.59. The first-order valence-corrected chi connectivity index (χ1v) is 10.5. The summed E-state index contributed by atoms with van der Waals surface area (Å²) in [5.74, 6) is 0.0746. The lowest BCUT2D eigenvalue weighted by molar-refractivity contribution is 0.0945. The van der Waals surface area contributed by atoms with Gasteiger partial charge in [-0.25, -0.2) is 8.42 Å². The number of amides is 1. The van der Waals surface area contributed by atoms with Crippen LogP contribution in [0, 0.1) is 0 Å². The van der Waals surface area contributed by atoms with E-state index in [4.69, 9.17) is 4.74 Å². The highest BCUT2D eigenvalue weighted by molar-refractivity contribution is 7.89. The Kier molecular flexibility index (Phi) is 5.99. The maximum absolute atomic E-state index is 12.5. The molecule has 27 heavy (non-hydrogen) atoms. The van der Waals surface area contributed by atoms with Gasteiger partial charge in [0.1, 0.15) is 21.7 Å². The van der Waals surface area contributed by atoms with E-state index < -0.39 is 15.9 Å². The molecule has 0 fully saturated rings. The number of hydrazine groups is 1. The number of hydrogen-bond acceptors (Lipinski definition) is 7. The number of nitrogens with one attached hydrogen (secondary N) is 2. The molecule has 1 amide bonds. The van der Waals surface area contributed by atoms with Crippen LogP contribution in [0.5, 0.6) is 5.75 Å². The Hall–Kier alpha value is -2.56. The van der Waals surface area contributed by atoms with Crippen LogP contribution < -0.4 is 15.0 Å². The molecule has 142 valence electrons. The molecule has 1 heterocycles. The number of rotatable bonds is 8. The third-order valence-corrected chi connectivity index (χ3v) is 5.54. The fraction of sp³-hybridized carbons (Fsp3) is 0.235. The molecule has 0 aliphatic carbocycles. The molecule has 0 bridgehead atoms. The highest BCUT2D eigenvalue weighted by Crippen LogP contribution is 2.20. The SMILES string of the molecule is CCCCOc1ccc(C(=O)NNS(=O)(=O)c2cccc3nsnc23)cc1. The van der Waals surface area contributed by atoms with Crippen LogP contribution in [0.4, 0.5) is 0 Å². The molecule has 0 aliphatic rings. The molecular formula is C17H18N4O4S2. The second-order valence-electron chi connectivity index (χ2n) is 5.67. The van der Waals surface area contributed by atoms with Gasteiger partial charge in [0.2, 0.25) is 0 Å². The molecule has 0 spiro atoms. The molecule has 10 heteroatoms. The highest BCUT2D eigenvalue weighted by Gasteiger charge is 2.20. The summed E-state index contributed by atoms with van der Waals surface area (Å²) < 4.78 is 38.5. The summed E-state index contributed by atoms with van der Waals surface area (Å²) in [6.45, 7) is 2.68. The predicted molar refractivity (Wildman–Crippen MR) is 102 cm³/mol. The first kappa shape index (κ1) is 19.2. The Balaban J connectivity index is 1.65. The second-order valence-corrected chi connectivity index (χ2v) is 7.85. The molecule has 0 atom stereocenters. The van der Waals surface area contributed by atoms with Gasteiger partial charge < -0.3 is 4.74 Å². The van der Waals surface area contributed by atoms with E-state index in [2.05, 4.69) is 25.9 Å². The molecular weight excluding hydrogens is 388 g/mol. The normalized spacial score (nSPS) is 11.4. The number of benzene rings is 2. The smallest absolute Gasteiger partial charge is 0.266 e. The molecule has 8 nitrogen and oxygen atoms in total. The van der Waals surface area contributed by atoms with E-state index in [1.807, 2.05) is 0 Å². The molecule has 2 N–H and O–H groups in total. The first-order valence-electron chi connectivity index (χ1n) is 8.27. The van der Waals surface area contributed by atoms with Gasteiger partial charge >= 0.3 is 0 Å². The summed E-state index contributed by atoms with van der Waals surface area (Å²) in [6.07, 6.45) is 1.98. The summed E-state index contributed by atoms with van der Waals surface area (Å²) >= 11 is 0.921. The number of fused-ring (bicyclic) bond motifs is 1. The van der Waals surface area contributed by atoms with Crippen LogP contribution >= 0.6 is 11.7 Å². The lowest BCUT2D eigenvalue weighted by Crippen LogP contribution is -2.41. The first-order chi connectivity index (χ1) is 13.0. The molecule has 3 aromatic rings. The van der Waals surface area contributed by atoms with Crippen molar-refractivity contribution in [3.63, 3.8) is 0 Å². The van der Waals surface area contributed by atoms with Gasteiger partial charge in [0.05, 0.1) is 18.3 Å². The van der Waals surface area contributed by atoms with Crippen LogP contribution in [-0.4, -0.2) is 29.7 Å². The number of ether oxygens (including phenoxy) is 1. The monoisotopic (exact) mass is 406 g/mol. The summed E-state index contributed by atoms with van der Waals surface area (Å²) in [6, 6.07) is 11.1. The maximum Gasteiger partial charge on any atom is 0.266 e. The Morgan fingerprint density at radius 1 is 1.15 bits per heavy atom. The van der Waals surface area contributed by atoms with E-state index in [0.717, 1.165) is 24.6 Å². The fourth-order valence-electron chi connectivity index (χ4n) is 2.28. The number of hydrogen-bond donors (Lipinski definition) is 2. The van der Waals surface area contributed by atoms with Crippen molar-refractivity contribution >= 4 is 38.7 Å². The number of aromatic nitrogens is 2. The third-order valence-electron chi connectivity index (χ3n) is 3.72. The molecule has 0 saturated carbocycles. The van der Waals surface area contributed by atoms with Crippen molar-refractivity contribution in [2.45, 2.75) is 24.7 Å². The van der Waals surface area contributed by atoms with Crippen LogP contribution in [0.15, 0.2) is 47.4 Å². The number of carbonyl (C=O) groups excluding carboxylic acids is 1. The van der Waals surface area contributed by atoms with Gasteiger partial charge in [-0.2, -0.15) is 8.75 Å². The van der Waals surface area contributed by atoms with E-state index >= 15 is 0 Å². The van der Waals surface area contributed by atoms with E-state index in [1.54, 1.807) is 36.4 Å². The molecule has 0 unspecified atom stereocenters. The number of sulfonamides is 1. The van der Waals surface area contributed by atoms with Gasteiger partial charge in [-0.15, -0.1) is 4.83 Å². The quantitative estimate of drug-likeness (QED) is 0.439. The van der Waals surface area contributed by atoms with Crippen molar-refractivity contribution in [2.75, 3.05) is 6.61 Å². The van der Waals surface area contributed by atoms with Crippen molar-refractivity contribution in [2.24, 2.45) is 0 Å². The molecule has 0 aliphatic heterocycles. The number of nitrogens with zero attached hydrogens (tertiary/aromatic N) is 2. The standard InChI is InChI=1S/C17H18N4O4S2/c1-2-3-11-25-13-9-7-12(8-10-13)17(22)18-21-27(23,24)15-6-4-5-14-16(15)20-26-19-14/h4-10,21H,2-3,11H2,1H3,(H,18,22). The number of unbranched alkanes of at least 4 members (excludes halogenated alkanes) is 1. The minimum absolute atomic E-state index is 0.0475. The van der Waals surface area contributed by atoms with Gasteiger partial charge in [-0.05, 0) is 42.8 Å². The zero-order chi connectivity index (χ0) is 19.3. The summed E-state index contributed by atoms with van der Waals surface area (Å²) in [7, 11) is -3.99. The summed E-state index contributed by atoms with van der Waals surface area (Å²) in [5, 5.41) is 0. The Morgan fingerprint density at radius 3 is 2.67 bits per heavy atom. The lowest BCUT2D eigenvalue weighted by atomic mass is 10.2. The van der Waals surface area contributed by atoms with Crippen LogP contribution in [0.2, 0.25) is 0 Å². The Bertz CT molecular complexity index is 1030. The number of carbonyl (C=O) groups is 1. The summed E-state index contributed by atoms with van der Waals surface area (Å²) in [4.78, 5) is 14.2. The topological polar surface area (TPSA) is 110 Å². The van der Waals surface area contributed by atoms with E-state index in [9.17, 15) is 13.2 Å². The van der Waals surface area contributed by atoms with Crippen molar-refractivity contribution in [3.8, 4) is 5.75 Å². The van der Waals surface area contributed by atoms with E-state index in [1.165, 1.54) is 6.07 Å². The predicted octanol–water partition coefficient (Wildman–Crippen LogP) is 2.49. The molecule has 0 saturated heterocycles. The van der Waals surface area contributed by atoms with Gasteiger partial charge in [0, 0.05) is 5.56 Å². The Morgan fingerprint density at radius 2 is 1.93 bits per heavy atom. The molecule has 3 rings (SSSR count). The molecule has 1 aromatic heterocycles. The largest absolute Gasteiger partial charge is 0.494 e. The minimum Gasteiger partial charge on any atom is -0.494 e. The van der Waals surface area contributed by atoms with Gasteiger partial charge in [0.25, 0.3) is 15.9 Å². The van der Waals surface area contributed by atoms with Crippen LogP contribution in [0.3, 0.4) is 0 Å². The molecule has 0 radical (unpaired) electrons. The second kappa shape index (κ2) is 8.42. The van der Waals surface area contributed by atoms with Gasteiger partial charge in [-0.1, -0.05) is 19.4 Å². The average molecular weight is 406 g/mol. The van der Waals surface area contributed by atoms with Gasteiger partial charge in [0.15, 0.2) is 0 Å². The maximum atomic E-state index is 12.5. The Labute approximate surface area is 160 Å². The van der Waals surface area contributed by atoms with Crippen molar-refractivity contribution in [3.05, 3.63) is 48.0 Å². The lowest BCUT2D eigenvalue weighted by Gasteiger charge is -2.09. The van der Waals surface area contributed by atoms with Crippen molar-refractivity contribution in [1.29, 1.82) is 0 Å². The van der Waals surface area contributed by atoms with Crippen LogP contribution in [-0.2, 0) is 10.0 Å².